The molecule has 1 amide bonds. The molecule has 2 rings (SSSR count). The molecule has 1 saturated heterocycles. The van der Waals surface area contributed by atoms with Crippen LogP contribution in [0.1, 0.15) is 5.56 Å². The lowest BCUT2D eigenvalue weighted by molar-refractivity contribution is -0.385. The van der Waals surface area contributed by atoms with Crippen LogP contribution in [-0.2, 0) is 4.79 Å². The Labute approximate surface area is 129 Å². The van der Waals surface area contributed by atoms with Crippen LogP contribution in [-0.4, -0.2) is 34.9 Å². The van der Waals surface area contributed by atoms with E-state index in [2.05, 4.69) is 26.6 Å². The van der Waals surface area contributed by atoms with E-state index in [1.54, 1.807) is 24.8 Å². The maximum absolute atomic E-state index is 12.1. The van der Waals surface area contributed by atoms with E-state index in [4.69, 9.17) is 0 Å². The number of nitro benzene ring substituents is 1. The monoisotopic (exact) mass is 359 g/mol. The molecule has 6 nitrogen and oxygen atoms in total. The first-order valence-electron chi connectivity index (χ1n) is 6.05. The standard InChI is InChI=1S/C12H14BrN3O3S/c1-7-4-8(13)9(5-11(7)16(18)19)15-12(17)10-6-20-3-2-14-10/h4-5,10,14H,2-3,6H2,1H3,(H,15,17). The number of hydrogen-bond acceptors (Lipinski definition) is 5. The maximum Gasteiger partial charge on any atom is 0.274 e. The van der Waals surface area contributed by atoms with Gasteiger partial charge in [0.2, 0.25) is 5.91 Å². The number of nitrogens with one attached hydrogen (secondary N) is 2. The van der Waals surface area contributed by atoms with Gasteiger partial charge < -0.3 is 10.6 Å². The van der Waals surface area contributed by atoms with Crippen molar-refractivity contribution in [2.45, 2.75) is 13.0 Å². The minimum atomic E-state index is -0.452. The summed E-state index contributed by atoms with van der Waals surface area (Å²) in [5.74, 6) is 1.52. The molecule has 1 aliphatic heterocycles. The summed E-state index contributed by atoms with van der Waals surface area (Å²) in [4.78, 5) is 22.6. The zero-order chi connectivity index (χ0) is 14.7. The molecule has 1 aliphatic rings. The average Bonchev–Trinajstić information content (AvgIpc) is 2.42. The molecule has 2 N–H and O–H groups in total. The van der Waals surface area contributed by atoms with Crippen LogP contribution in [0.25, 0.3) is 0 Å². The predicted molar refractivity (Wildman–Crippen MR) is 83.3 cm³/mol. The van der Waals surface area contributed by atoms with Crippen LogP contribution in [0, 0.1) is 17.0 Å². The van der Waals surface area contributed by atoms with E-state index in [1.165, 1.54) is 6.07 Å². The largest absolute Gasteiger partial charge is 0.323 e. The number of anilines is 1. The molecule has 0 aromatic heterocycles. The van der Waals surface area contributed by atoms with Crippen molar-refractivity contribution in [2.24, 2.45) is 0 Å². The lowest BCUT2D eigenvalue weighted by atomic mass is 10.1. The maximum atomic E-state index is 12.1. The number of nitrogens with zero attached hydrogens (tertiary/aromatic N) is 1. The fourth-order valence-corrected chi connectivity index (χ4v) is 3.40. The Bertz CT molecular complexity index is 547. The van der Waals surface area contributed by atoms with Gasteiger partial charge in [-0.1, -0.05) is 0 Å². The zero-order valence-electron chi connectivity index (χ0n) is 10.8. The van der Waals surface area contributed by atoms with E-state index < -0.39 is 4.92 Å². The molecule has 1 atom stereocenters. The molecule has 108 valence electrons. The molecule has 8 heteroatoms. The molecule has 0 saturated carbocycles. The van der Waals surface area contributed by atoms with Crippen molar-refractivity contribution in [3.8, 4) is 0 Å². The number of amides is 1. The Kier molecular flexibility index (Phi) is 5.00. The fraction of sp³-hybridized carbons (Fsp3) is 0.417. The molecule has 0 aliphatic carbocycles. The second-order valence-corrected chi connectivity index (χ2v) is 6.45. The number of nitro groups is 1. The van der Waals surface area contributed by atoms with E-state index >= 15 is 0 Å². The molecule has 0 radical (unpaired) electrons. The van der Waals surface area contributed by atoms with Gasteiger partial charge in [-0.25, -0.2) is 0 Å². The Morgan fingerprint density at radius 2 is 2.35 bits per heavy atom. The van der Waals surface area contributed by atoms with Crippen LogP contribution in [0.2, 0.25) is 0 Å². The topological polar surface area (TPSA) is 84.3 Å². The van der Waals surface area contributed by atoms with Crippen molar-refractivity contribution in [3.63, 3.8) is 0 Å². The predicted octanol–water partition coefficient (Wildman–Crippen LogP) is 2.31. The van der Waals surface area contributed by atoms with Gasteiger partial charge in [0, 0.05) is 34.2 Å². The second-order valence-electron chi connectivity index (χ2n) is 4.45. The molecule has 20 heavy (non-hydrogen) atoms. The first kappa shape index (κ1) is 15.3. The molecule has 1 fully saturated rings. The summed E-state index contributed by atoms with van der Waals surface area (Å²) in [6.07, 6.45) is 0. The van der Waals surface area contributed by atoms with Gasteiger partial charge in [-0.2, -0.15) is 11.8 Å². The van der Waals surface area contributed by atoms with Gasteiger partial charge in [0.25, 0.3) is 5.69 Å². The lowest BCUT2D eigenvalue weighted by Gasteiger charge is -2.22. The van der Waals surface area contributed by atoms with Gasteiger partial charge in [0.1, 0.15) is 0 Å². The number of aryl methyl sites for hydroxylation is 1. The number of thioether (sulfide) groups is 1. The summed E-state index contributed by atoms with van der Waals surface area (Å²) in [5.41, 5.74) is 0.963. The smallest absolute Gasteiger partial charge is 0.274 e. The molecular formula is C12H14BrN3O3S. The number of benzene rings is 1. The first-order valence-corrected chi connectivity index (χ1v) is 8.00. The van der Waals surface area contributed by atoms with Crippen LogP contribution in [0.3, 0.4) is 0 Å². The number of hydrogen-bond donors (Lipinski definition) is 2. The number of halogens is 1. The van der Waals surface area contributed by atoms with E-state index in [-0.39, 0.29) is 17.6 Å². The summed E-state index contributed by atoms with van der Waals surface area (Å²) in [7, 11) is 0. The van der Waals surface area contributed by atoms with E-state index in [1.807, 2.05) is 0 Å². The molecule has 1 aromatic carbocycles. The SMILES string of the molecule is Cc1cc(Br)c(NC(=O)C2CSCCN2)cc1[N+](=O)[O-]. The van der Waals surface area contributed by atoms with E-state index in [9.17, 15) is 14.9 Å². The van der Waals surface area contributed by atoms with E-state index in [0.29, 0.717) is 21.5 Å². The fourth-order valence-electron chi connectivity index (χ4n) is 1.91. The lowest BCUT2D eigenvalue weighted by Crippen LogP contribution is -2.46. The summed E-state index contributed by atoms with van der Waals surface area (Å²) in [6.45, 7) is 2.45. The Morgan fingerprint density at radius 3 is 2.95 bits per heavy atom. The van der Waals surface area contributed by atoms with Crippen molar-refractivity contribution >= 4 is 45.0 Å². The summed E-state index contributed by atoms with van der Waals surface area (Å²) in [6, 6.07) is 2.75. The highest BCUT2D eigenvalue weighted by molar-refractivity contribution is 9.10. The highest BCUT2D eigenvalue weighted by Gasteiger charge is 2.23. The minimum absolute atomic E-state index is 0.00511. The van der Waals surface area contributed by atoms with Crippen molar-refractivity contribution in [1.29, 1.82) is 0 Å². The second kappa shape index (κ2) is 6.55. The van der Waals surface area contributed by atoms with Crippen molar-refractivity contribution in [3.05, 3.63) is 32.3 Å². The normalized spacial score (nSPS) is 18.6. The number of carbonyl (C=O) groups excluding carboxylic acids is 1. The Hall–Kier alpha value is -1.12. The quantitative estimate of drug-likeness (QED) is 0.638. The Balaban J connectivity index is 2.18. The van der Waals surface area contributed by atoms with Gasteiger partial charge in [-0.3, -0.25) is 14.9 Å². The third-order valence-electron chi connectivity index (χ3n) is 2.98. The van der Waals surface area contributed by atoms with Crippen LogP contribution in [0.4, 0.5) is 11.4 Å². The summed E-state index contributed by atoms with van der Waals surface area (Å²) in [5, 5.41) is 16.8. The number of carbonyl (C=O) groups is 1. The van der Waals surface area contributed by atoms with Crippen LogP contribution in [0.15, 0.2) is 16.6 Å². The molecule has 0 bridgehead atoms. The highest BCUT2D eigenvalue weighted by Crippen LogP contribution is 2.30. The average molecular weight is 360 g/mol. The van der Waals surface area contributed by atoms with Crippen LogP contribution < -0.4 is 10.6 Å². The van der Waals surface area contributed by atoms with Gasteiger partial charge in [-0.15, -0.1) is 0 Å². The van der Waals surface area contributed by atoms with Gasteiger partial charge >= 0.3 is 0 Å². The van der Waals surface area contributed by atoms with Gasteiger partial charge in [-0.05, 0) is 28.9 Å². The minimum Gasteiger partial charge on any atom is -0.323 e. The van der Waals surface area contributed by atoms with Gasteiger partial charge in [0.05, 0.1) is 16.7 Å². The summed E-state index contributed by atoms with van der Waals surface area (Å²) >= 11 is 5.03. The van der Waals surface area contributed by atoms with E-state index in [0.717, 1.165) is 12.3 Å². The molecular weight excluding hydrogens is 346 g/mol. The molecule has 0 spiro atoms. The van der Waals surface area contributed by atoms with Crippen molar-refractivity contribution < 1.29 is 9.72 Å². The summed E-state index contributed by atoms with van der Waals surface area (Å²) < 4.78 is 0.636. The highest BCUT2D eigenvalue weighted by atomic mass is 79.9. The molecule has 1 heterocycles. The van der Waals surface area contributed by atoms with Crippen molar-refractivity contribution in [2.75, 3.05) is 23.4 Å². The third kappa shape index (κ3) is 3.50. The van der Waals surface area contributed by atoms with Gasteiger partial charge in [0.15, 0.2) is 0 Å². The van der Waals surface area contributed by atoms with Crippen molar-refractivity contribution in [1.82, 2.24) is 5.32 Å². The third-order valence-corrected chi connectivity index (χ3v) is 4.70. The number of rotatable bonds is 3. The first-order chi connectivity index (χ1) is 9.49. The van der Waals surface area contributed by atoms with Crippen LogP contribution >= 0.6 is 27.7 Å². The Morgan fingerprint density at radius 1 is 1.60 bits per heavy atom. The molecule has 1 aromatic rings. The molecule has 1 unspecified atom stereocenters. The van der Waals surface area contributed by atoms with Crippen LogP contribution in [0.5, 0.6) is 0 Å². The zero-order valence-corrected chi connectivity index (χ0v) is 13.2.